The van der Waals surface area contributed by atoms with Crippen molar-refractivity contribution in [1.82, 2.24) is 14.4 Å². The summed E-state index contributed by atoms with van der Waals surface area (Å²) in [6, 6.07) is 15.0. The molecular formula is C20H13Cl2N3O2. The van der Waals surface area contributed by atoms with E-state index in [0.29, 0.717) is 26.9 Å². The molecule has 0 radical (unpaired) electrons. The van der Waals surface area contributed by atoms with Gasteiger partial charge >= 0.3 is 5.97 Å². The van der Waals surface area contributed by atoms with Crippen LogP contribution in [-0.4, -0.2) is 20.4 Å². The van der Waals surface area contributed by atoms with E-state index in [4.69, 9.17) is 28.1 Å². The first-order valence-electron chi connectivity index (χ1n) is 8.11. The van der Waals surface area contributed by atoms with Crippen molar-refractivity contribution in [2.24, 2.45) is 0 Å². The molecule has 3 aromatic rings. The lowest BCUT2D eigenvalue weighted by molar-refractivity contribution is -0.135. The summed E-state index contributed by atoms with van der Waals surface area (Å²) in [5, 5.41) is 3.29. The molecule has 7 heteroatoms. The predicted molar refractivity (Wildman–Crippen MR) is 102 cm³/mol. The second-order valence-electron chi connectivity index (χ2n) is 5.84. The zero-order chi connectivity index (χ0) is 19.0. The molecule has 0 amide bonds. The van der Waals surface area contributed by atoms with Crippen LogP contribution in [0.4, 0.5) is 0 Å². The van der Waals surface area contributed by atoms with E-state index >= 15 is 0 Å². The lowest BCUT2D eigenvalue weighted by Crippen LogP contribution is -2.25. The maximum absolute atomic E-state index is 11.8. The Labute approximate surface area is 164 Å². The number of benzene rings is 2. The number of hydrogen-bond donors (Lipinski definition) is 0. The van der Waals surface area contributed by atoms with E-state index < -0.39 is 5.97 Å². The van der Waals surface area contributed by atoms with E-state index in [-0.39, 0.29) is 5.88 Å². The number of hydrogen-bond acceptors (Lipinski definition) is 5. The Morgan fingerprint density at radius 2 is 1.74 bits per heavy atom. The van der Waals surface area contributed by atoms with Gasteiger partial charge in [0.2, 0.25) is 5.88 Å². The molecule has 1 aliphatic rings. The fourth-order valence-electron chi connectivity index (χ4n) is 3.05. The maximum atomic E-state index is 11.8. The molecule has 1 aliphatic heterocycles. The topological polar surface area (TPSA) is 55.3 Å². The molecule has 0 unspecified atom stereocenters. The van der Waals surface area contributed by atoms with Gasteiger partial charge < -0.3 is 4.74 Å². The summed E-state index contributed by atoms with van der Waals surface area (Å²) in [7, 11) is 0. The van der Waals surface area contributed by atoms with Crippen molar-refractivity contribution in [3.63, 3.8) is 0 Å². The molecule has 0 saturated carbocycles. The molecule has 0 fully saturated rings. The van der Waals surface area contributed by atoms with Gasteiger partial charge in [0.25, 0.3) is 0 Å². The monoisotopic (exact) mass is 397 g/mol. The number of halogens is 2. The molecule has 2 aromatic carbocycles. The minimum atomic E-state index is -0.505. The van der Waals surface area contributed by atoms with Crippen LogP contribution in [0.2, 0.25) is 5.02 Å². The number of fused-ring (bicyclic) bond motifs is 2. The molecule has 134 valence electrons. The number of rotatable bonds is 2. The van der Waals surface area contributed by atoms with Gasteiger partial charge in [-0.1, -0.05) is 54.1 Å². The molecule has 0 saturated heterocycles. The number of aromatic nitrogens is 2. The third-order valence-corrected chi connectivity index (χ3v) is 4.78. The van der Waals surface area contributed by atoms with Crippen LogP contribution in [0.1, 0.15) is 12.5 Å². The molecule has 0 spiro atoms. The van der Waals surface area contributed by atoms with Gasteiger partial charge in [-0.2, -0.15) is 0 Å². The molecule has 1 aromatic heterocycles. The fourth-order valence-corrected chi connectivity index (χ4v) is 3.58. The van der Waals surface area contributed by atoms with Gasteiger partial charge in [-0.05, 0) is 6.07 Å². The highest BCUT2D eigenvalue weighted by Crippen LogP contribution is 2.30. The molecule has 0 atom stereocenters. The van der Waals surface area contributed by atoms with E-state index in [0.717, 1.165) is 10.4 Å². The van der Waals surface area contributed by atoms with Crippen molar-refractivity contribution in [1.29, 1.82) is 0 Å². The normalized spacial score (nSPS) is 12.9. The number of carbonyl (C=O) groups excluding carboxylic acids is 1. The average Bonchev–Trinajstić information content (AvgIpc) is 2.77. The van der Waals surface area contributed by atoms with Gasteiger partial charge in [0.15, 0.2) is 0 Å². The molecule has 4 rings (SSSR count). The molecular weight excluding hydrogens is 385 g/mol. The second-order valence-corrected chi connectivity index (χ2v) is 6.58. The molecule has 0 aliphatic carbocycles. The van der Waals surface area contributed by atoms with Gasteiger partial charge in [-0.25, -0.2) is 14.4 Å². The van der Waals surface area contributed by atoms with Gasteiger partial charge in [0.1, 0.15) is 6.33 Å². The Kier molecular flexibility index (Phi) is 4.56. The first kappa shape index (κ1) is 17.5. The van der Waals surface area contributed by atoms with Crippen LogP contribution in [0, 0.1) is 10.6 Å². The van der Waals surface area contributed by atoms with Crippen LogP contribution in [0.3, 0.4) is 0 Å². The van der Waals surface area contributed by atoms with Crippen molar-refractivity contribution >= 4 is 40.9 Å². The highest BCUT2D eigenvalue weighted by molar-refractivity contribution is 6.33. The zero-order valence-corrected chi connectivity index (χ0v) is 15.7. The predicted octanol–water partition coefficient (Wildman–Crippen LogP) is 2.67. The molecule has 27 heavy (non-hydrogen) atoms. The Morgan fingerprint density at radius 1 is 1.04 bits per heavy atom. The summed E-state index contributed by atoms with van der Waals surface area (Å²) < 4.78 is 6.76. The van der Waals surface area contributed by atoms with Crippen molar-refractivity contribution in [3.8, 4) is 0 Å². The summed E-state index contributed by atoms with van der Waals surface area (Å²) in [6.45, 7) is 1.31. The van der Waals surface area contributed by atoms with Crippen molar-refractivity contribution in [2.45, 2.75) is 6.92 Å². The lowest BCUT2D eigenvalue weighted by atomic mass is 10.1. The van der Waals surface area contributed by atoms with Crippen LogP contribution >= 0.6 is 23.4 Å². The largest absolute Gasteiger partial charge is 0.407 e. The highest BCUT2D eigenvalue weighted by atomic mass is 35.5. The molecule has 0 bridgehead atoms. The first-order valence-corrected chi connectivity index (χ1v) is 8.83. The standard InChI is InChI=1S/C20H13Cl2N3O2/c1-12(26)27-20-16-10-23-11-24-18(16)13-6-2-3-7-14(13)19(25(20)22)15-8-4-5-9-17(15)21/h2-11H,1H3. The third-order valence-electron chi connectivity index (χ3n) is 4.12. The minimum Gasteiger partial charge on any atom is -0.407 e. The van der Waals surface area contributed by atoms with Gasteiger partial charge in [-0.3, -0.25) is 4.79 Å². The van der Waals surface area contributed by atoms with Crippen LogP contribution in [-0.2, 0) is 9.53 Å². The van der Waals surface area contributed by atoms with E-state index in [1.54, 1.807) is 12.3 Å². The number of nitrogens with zero attached hydrogens (tertiary/aromatic N) is 3. The first-order chi connectivity index (χ1) is 13.1. The van der Waals surface area contributed by atoms with E-state index in [1.165, 1.54) is 17.7 Å². The summed E-state index contributed by atoms with van der Waals surface area (Å²) in [6.07, 6.45) is 3.02. The van der Waals surface area contributed by atoms with Crippen LogP contribution < -0.4 is 10.4 Å². The van der Waals surface area contributed by atoms with Crippen LogP contribution in [0.25, 0.3) is 11.6 Å². The number of esters is 1. The SMILES string of the molecule is CC(=O)OC1=c2cncnc2=c2ccccc2=C(c2ccccc2Cl)N1Cl. The summed E-state index contributed by atoms with van der Waals surface area (Å²) in [5.74, 6) is -0.374. The smallest absolute Gasteiger partial charge is 0.309 e. The fraction of sp³-hybridized carbons (Fsp3) is 0.0500. The zero-order valence-electron chi connectivity index (χ0n) is 14.2. The molecule has 2 heterocycles. The van der Waals surface area contributed by atoms with Gasteiger partial charge in [-0.15, -0.1) is 0 Å². The Balaban J connectivity index is 2.28. The number of carbonyl (C=O) groups is 1. The Bertz CT molecular complexity index is 1270. The van der Waals surface area contributed by atoms with Crippen molar-refractivity contribution in [2.75, 3.05) is 0 Å². The third kappa shape index (κ3) is 3.05. The lowest BCUT2D eigenvalue weighted by Gasteiger charge is -2.21. The summed E-state index contributed by atoms with van der Waals surface area (Å²) >= 11 is 13.2. The Hall–Kier alpha value is -2.89. The Morgan fingerprint density at radius 3 is 2.48 bits per heavy atom. The van der Waals surface area contributed by atoms with Crippen molar-refractivity contribution in [3.05, 3.63) is 92.6 Å². The molecule has 0 N–H and O–H groups in total. The van der Waals surface area contributed by atoms with Crippen LogP contribution in [0.5, 0.6) is 0 Å². The van der Waals surface area contributed by atoms with Gasteiger partial charge in [0, 0.05) is 45.9 Å². The quantitative estimate of drug-likeness (QED) is 0.491. The van der Waals surface area contributed by atoms with E-state index in [2.05, 4.69) is 9.97 Å². The summed E-state index contributed by atoms with van der Waals surface area (Å²) in [5.41, 5.74) is 1.29. The maximum Gasteiger partial charge on any atom is 0.309 e. The minimum absolute atomic E-state index is 0.130. The van der Waals surface area contributed by atoms with Gasteiger partial charge in [0.05, 0.1) is 16.3 Å². The van der Waals surface area contributed by atoms with Crippen molar-refractivity contribution < 1.29 is 9.53 Å². The van der Waals surface area contributed by atoms with E-state index in [9.17, 15) is 4.79 Å². The molecule has 5 nitrogen and oxygen atoms in total. The number of ether oxygens (including phenoxy) is 1. The summed E-state index contributed by atoms with van der Waals surface area (Å²) in [4.78, 5) is 20.2. The van der Waals surface area contributed by atoms with E-state index in [1.807, 2.05) is 42.5 Å². The highest BCUT2D eigenvalue weighted by Gasteiger charge is 2.24. The average molecular weight is 398 g/mol. The van der Waals surface area contributed by atoms with Crippen LogP contribution in [0.15, 0.2) is 61.1 Å². The second kappa shape index (κ2) is 7.02.